The summed E-state index contributed by atoms with van der Waals surface area (Å²) in [5.74, 6) is -0.402. The molecule has 37 heavy (non-hydrogen) atoms. The molecule has 1 N–H and O–H groups in total. The van der Waals surface area contributed by atoms with Crippen LogP contribution in [0.25, 0.3) is 0 Å². The van der Waals surface area contributed by atoms with Gasteiger partial charge in [0.2, 0.25) is 21.8 Å². The summed E-state index contributed by atoms with van der Waals surface area (Å²) >= 11 is 0. The molecule has 0 radical (unpaired) electrons. The van der Waals surface area contributed by atoms with E-state index in [0.717, 1.165) is 16.6 Å². The van der Waals surface area contributed by atoms with Gasteiger partial charge in [-0.2, -0.15) is 0 Å². The predicted molar refractivity (Wildman–Crippen MR) is 141 cm³/mol. The number of rotatable bonds is 12. The third kappa shape index (κ3) is 7.91. The smallest absolute Gasteiger partial charge is 0.271 e. The van der Waals surface area contributed by atoms with Crippen molar-refractivity contribution in [2.45, 2.75) is 52.7 Å². The van der Waals surface area contributed by atoms with E-state index in [9.17, 15) is 28.1 Å². The van der Waals surface area contributed by atoms with E-state index in [2.05, 4.69) is 5.32 Å². The van der Waals surface area contributed by atoms with E-state index in [1.54, 1.807) is 38.1 Å². The van der Waals surface area contributed by atoms with E-state index in [4.69, 9.17) is 4.74 Å². The van der Waals surface area contributed by atoms with E-state index < -0.39 is 33.4 Å². The third-order valence-electron chi connectivity index (χ3n) is 6.03. The van der Waals surface area contributed by atoms with Crippen LogP contribution < -0.4 is 14.4 Å². The van der Waals surface area contributed by atoms with Crippen molar-refractivity contribution < 1.29 is 27.7 Å². The van der Waals surface area contributed by atoms with E-state index in [1.807, 2.05) is 13.8 Å². The molecule has 2 atom stereocenters. The lowest BCUT2D eigenvalue weighted by molar-refractivity contribution is -0.384. The quantitative estimate of drug-likeness (QED) is 0.326. The Morgan fingerprint density at radius 1 is 1.14 bits per heavy atom. The number of non-ortho nitro benzene ring substituents is 1. The second kappa shape index (κ2) is 12.5. The maximum Gasteiger partial charge on any atom is 0.271 e. The van der Waals surface area contributed by atoms with Crippen LogP contribution in [-0.2, 0) is 26.2 Å². The maximum atomic E-state index is 13.6. The van der Waals surface area contributed by atoms with Crippen LogP contribution in [0.4, 0.5) is 11.4 Å². The molecule has 0 fully saturated rings. The zero-order valence-corrected chi connectivity index (χ0v) is 22.7. The molecule has 2 amide bonds. The molecule has 2 unspecified atom stereocenters. The number of carbonyl (C=O) groups excluding carboxylic acids is 2. The Morgan fingerprint density at radius 3 is 2.27 bits per heavy atom. The Morgan fingerprint density at radius 2 is 1.76 bits per heavy atom. The summed E-state index contributed by atoms with van der Waals surface area (Å²) in [7, 11) is -2.49. The number of ether oxygens (including phenoxy) is 1. The highest BCUT2D eigenvalue weighted by Crippen LogP contribution is 2.28. The molecule has 0 bridgehead atoms. The molecule has 0 heterocycles. The fourth-order valence-corrected chi connectivity index (χ4v) is 4.45. The van der Waals surface area contributed by atoms with E-state index in [0.29, 0.717) is 23.3 Å². The highest BCUT2D eigenvalue weighted by atomic mass is 32.2. The number of methoxy groups -OCH3 is 1. The van der Waals surface area contributed by atoms with Crippen molar-refractivity contribution in [2.75, 3.05) is 24.2 Å². The van der Waals surface area contributed by atoms with E-state index >= 15 is 0 Å². The number of carbonyl (C=O) groups is 2. The molecule has 0 aliphatic carbocycles. The number of hydrogen-bond donors (Lipinski definition) is 1. The first-order valence-electron chi connectivity index (χ1n) is 11.7. The van der Waals surface area contributed by atoms with Gasteiger partial charge in [0, 0.05) is 24.7 Å². The van der Waals surface area contributed by atoms with Gasteiger partial charge in [0.25, 0.3) is 5.69 Å². The lowest BCUT2D eigenvalue weighted by Gasteiger charge is -2.32. The fraction of sp³-hybridized carbons (Fsp3) is 0.440. The van der Waals surface area contributed by atoms with Crippen LogP contribution in [-0.4, -0.2) is 62.0 Å². The summed E-state index contributed by atoms with van der Waals surface area (Å²) in [5.41, 5.74) is 0.854. The summed E-state index contributed by atoms with van der Waals surface area (Å²) in [6.45, 7) is 6.32. The van der Waals surface area contributed by atoms with Crippen LogP contribution in [0.15, 0.2) is 42.5 Å². The topological polar surface area (TPSA) is 139 Å². The highest BCUT2D eigenvalue weighted by molar-refractivity contribution is 7.92. The standard InChI is InChI=1S/C25H34N4O7S/c1-7-18(3)26-25(31)19(4)27(15-20-9-12-22(36-5)13-10-20)24(30)16-28(37(6,34)35)23-14-21(29(32)33)11-8-17(23)2/h8-14,18-19H,7,15-16H2,1-6H3,(H,26,31). The number of sulfonamides is 1. The van der Waals surface area contributed by atoms with Crippen LogP contribution in [0.2, 0.25) is 0 Å². The number of amides is 2. The molecule has 2 rings (SSSR count). The maximum absolute atomic E-state index is 13.6. The molecule has 11 nitrogen and oxygen atoms in total. The lowest BCUT2D eigenvalue weighted by atomic mass is 10.1. The van der Waals surface area contributed by atoms with Gasteiger partial charge in [0.15, 0.2) is 0 Å². The second-order valence-corrected chi connectivity index (χ2v) is 10.8. The number of aryl methyl sites for hydroxylation is 1. The van der Waals surface area contributed by atoms with Crippen LogP contribution in [0.5, 0.6) is 5.75 Å². The molecule has 0 aliphatic heterocycles. The number of nitro groups is 1. The molecular weight excluding hydrogens is 500 g/mol. The van der Waals surface area contributed by atoms with Crippen LogP contribution in [0, 0.1) is 17.0 Å². The van der Waals surface area contributed by atoms with Gasteiger partial charge in [-0.1, -0.05) is 25.1 Å². The van der Waals surface area contributed by atoms with Gasteiger partial charge in [-0.15, -0.1) is 0 Å². The summed E-state index contributed by atoms with van der Waals surface area (Å²) in [6, 6.07) is 9.70. The summed E-state index contributed by atoms with van der Waals surface area (Å²) in [6.07, 6.45) is 1.62. The number of hydrogen-bond acceptors (Lipinski definition) is 7. The lowest BCUT2D eigenvalue weighted by Crippen LogP contribution is -2.52. The Labute approximate surface area is 217 Å². The molecule has 0 aliphatic rings. The molecule has 0 spiro atoms. The Balaban J connectivity index is 2.47. The van der Waals surface area contributed by atoms with Crippen LogP contribution >= 0.6 is 0 Å². The molecule has 0 saturated heterocycles. The molecule has 12 heteroatoms. The van der Waals surface area contributed by atoms with Gasteiger partial charge in [-0.25, -0.2) is 8.42 Å². The molecule has 2 aromatic rings. The number of benzene rings is 2. The Hall–Kier alpha value is -3.67. The average Bonchev–Trinajstić information content (AvgIpc) is 2.85. The first-order valence-corrected chi connectivity index (χ1v) is 13.6. The number of nitrogens with one attached hydrogen (secondary N) is 1. The summed E-state index contributed by atoms with van der Waals surface area (Å²) in [5, 5.41) is 14.2. The fourth-order valence-electron chi connectivity index (χ4n) is 3.55. The van der Waals surface area contributed by atoms with Gasteiger partial charge in [-0.05, 0) is 50.5 Å². The first-order chi connectivity index (χ1) is 17.3. The number of anilines is 1. The molecule has 0 saturated carbocycles. The Bertz CT molecular complexity index is 1230. The second-order valence-electron chi connectivity index (χ2n) is 8.86. The third-order valence-corrected chi connectivity index (χ3v) is 7.16. The van der Waals surface area contributed by atoms with Gasteiger partial charge in [-0.3, -0.25) is 24.0 Å². The summed E-state index contributed by atoms with van der Waals surface area (Å²) in [4.78, 5) is 38.5. The minimum atomic E-state index is -4.02. The highest BCUT2D eigenvalue weighted by Gasteiger charge is 2.31. The van der Waals surface area contributed by atoms with E-state index in [1.165, 1.54) is 24.1 Å². The van der Waals surface area contributed by atoms with Gasteiger partial charge in [0.1, 0.15) is 18.3 Å². The Kier molecular flexibility index (Phi) is 10.0. The van der Waals surface area contributed by atoms with Crippen LogP contribution in [0.1, 0.15) is 38.3 Å². The van der Waals surface area contributed by atoms with Crippen LogP contribution in [0.3, 0.4) is 0 Å². The minimum absolute atomic E-state index is 0.0196. The zero-order chi connectivity index (χ0) is 27.9. The van der Waals surface area contributed by atoms with Gasteiger partial charge < -0.3 is 15.0 Å². The van der Waals surface area contributed by atoms with Gasteiger partial charge in [0.05, 0.1) is 24.0 Å². The number of nitrogens with zero attached hydrogens (tertiary/aromatic N) is 3. The van der Waals surface area contributed by atoms with Crippen molar-refractivity contribution in [3.05, 3.63) is 63.7 Å². The molecule has 2 aromatic carbocycles. The SMILES string of the molecule is CCC(C)NC(=O)C(C)N(Cc1ccc(OC)cc1)C(=O)CN(c1cc([N+](=O)[O-])ccc1C)S(C)(=O)=O. The van der Waals surface area contributed by atoms with Crippen molar-refractivity contribution in [3.8, 4) is 5.75 Å². The van der Waals surface area contributed by atoms with Crippen molar-refractivity contribution >= 4 is 33.2 Å². The largest absolute Gasteiger partial charge is 0.497 e. The first kappa shape index (κ1) is 29.6. The predicted octanol–water partition coefficient (Wildman–Crippen LogP) is 3.01. The van der Waals surface area contributed by atoms with Crippen molar-refractivity contribution in [1.82, 2.24) is 10.2 Å². The minimum Gasteiger partial charge on any atom is -0.497 e. The van der Waals surface area contributed by atoms with Gasteiger partial charge >= 0.3 is 0 Å². The van der Waals surface area contributed by atoms with Crippen molar-refractivity contribution in [2.24, 2.45) is 0 Å². The molecular formula is C25H34N4O7S. The molecule has 202 valence electrons. The van der Waals surface area contributed by atoms with E-state index in [-0.39, 0.29) is 29.9 Å². The number of nitro benzene ring substituents is 1. The van der Waals surface area contributed by atoms with Crippen molar-refractivity contribution in [1.29, 1.82) is 0 Å². The zero-order valence-electron chi connectivity index (χ0n) is 21.9. The monoisotopic (exact) mass is 534 g/mol. The average molecular weight is 535 g/mol. The molecule has 0 aromatic heterocycles. The van der Waals surface area contributed by atoms with Crippen molar-refractivity contribution in [3.63, 3.8) is 0 Å². The normalized spacial score (nSPS) is 12.8. The summed E-state index contributed by atoms with van der Waals surface area (Å²) < 4.78 is 31.5.